The highest BCUT2D eigenvalue weighted by Crippen LogP contribution is 2.20. The van der Waals surface area contributed by atoms with Gasteiger partial charge in [0.2, 0.25) is 0 Å². The lowest BCUT2D eigenvalue weighted by Crippen LogP contribution is -2.39. The molecular formula is C14H15N3O2S. The van der Waals surface area contributed by atoms with Crippen LogP contribution in [0.15, 0.2) is 22.3 Å². The summed E-state index contributed by atoms with van der Waals surface area (Å²) in [5.41, 5.74) is 2.68. The highest BCUT2D eigenvalue weighted by Gasteiger charge is 2.22. The van der Waals surface area contributed by atoms with Crippen LogP contribution in [0.3, 0.4) is 0 Å². The molecule has 2 heterocycles. The monoisotopic (exact) mass is 289 g/mol. The van der Waals surface area contributed by atoms with Gasteiger partial charge in [0.15, 0.2) is 0 Å². The number of carbonyl (C=O) groups excluding carboxylic acids is 1. The highest BCUT2D eigenvalue weighted by atomic mass is 32.1. The molecule has 1 atom stereocenters. The molecule has 5 nitrogen and oxygen atoms in total. The number of hydrogen-bond donors (Lipinski definition) is 2. The normalized spacial score (nSPS) is 17.6. The Labute approximate surface area is 120 Å². The van der Waals surface area contributed by atoms with Crippen LogP contribution < -0.4 is 10.9 Å². The van der Waals surface area contributed by atoms with Gasteiger partial charge in [0.05, 0.1) is 10.6 Å². The van der Waals surface area contributed by atoms with E-state index in [1.807, 2.05) is 18.4 Å². The molecule has 2 N–H and O–H groups in total. The molecule has 0 spiro atoms. The largest absolute Gasteiger partial charge is 0.348 e. The van der Waals surface area contributed by atoms with Crippen molar-refractivity contribution in [2.24, 2.45) is 0 Å². The van der Waals surface area contributed by atoms with Crippen molar-refractivity contribution in [1.29, 1.82) is 0 Å². The molecule has 0 saturated heterocycles. The molecule has 3 rings (SSSR count). The van der Waals surface area contributed by atoms with Crippen LogP contribution in [-0.4, -0.2) is 22.1 Å². The maximum Gasteiger partial charge on any atom is 0.264 e. The predicted octanol–water partition coefficient (Wildman–Crippen LogP) is 1.43. The van der Waals surface area contributed by atoms with Gasteiger partial charge in [-0.15, -0.1) is 11.3 Å². The van der Waals surface area contributed by atoms with E-state index in [2.05, 4.69) is 15.5 Å². The predicted molar refractivity (Wildman–Crippen MR) is 77.2 cm³/mol. The van der Waals surface area contributed by atoms with E-state index < -0.39 is 0 Å². The van der Waals surface area contributed by atoms with Crippen LogP contribution in [-0.2, 0) is 12.8 Å². The maximum absolute atomic E-state index is 12.2. The Morgan fingerprint density at radius 3 is 3.15 bits per heavy atom. The second-order valence-electron chi connectivity index (χ2n) is 5.05. The third kappa shape index (κ3) is 2.51. The molecular weight excluding hydrogens is 274 g/mol. The van der Waals surface area contributed by atoms with Crippen LogP contribution in [0.2, 0.25) is 0 Å². The van der Waals surface area contributed by atoms with Crippen LogP contribution in [0.5, 0.6) is 0 Å². The fourth-order valence-corrected chi connectivity index (χ4v) is 3.35. The molecule has 1 aliphatic carbocycles. The van der Waals surface area contributed by atoms with Gasteiger partial charge in [0, 0.05) is 12.1 Å². The highest BCUT2D eigenvalue weighted by molar-refractivity contribution is 7.12. The van der Waals surface area contributed by atoms with Gasteiger partial charge in [-0.05, 0) is 48.8 Å². The van der Waals surface area contributed by atoms with Crippen molar-refractivity contribution in [3.05, 3.63) is 49.6 Å². The average Bonchev–Trinajstić information content (AvgIpc) is 2.84. The molecule has 0 radical (unpaired) electrons. The van der Waals surface area contributed by atoms with Crippen molar-refractivity contribution in [1.82, 2.24) is 15.5 Å². The minimum Gasteiger partial charge on any atom is -0.348 e. The van der Waals surface area contributed by atoms with Crippen LogP contribution in [0.1, 0.15) is 32.9 Å². The Kier molecular flexibility index (Phi) is 3.40. The molecule has 2 aromatic heterocycles. The fourth-order valence-electron chi connectivity index (χ4n) is 2.52. The number of thiophene rings is 1. The number of nitrogens with zero attached hydrogens (tertiary/aromatic N) is 1. The summed E-state index contributed by atoms with van der Waals surface area (Å²) in [5, 5.41) is 11.5. The minimum atomic E-state index is -0.190. The van der Waals surface area contributed by atoms with Gasteiger partial charge >= 0.3 is 0 Å². The van der Waals surface area contributed by atoms with Gasteiger partial charge in [0.1, 0.15) is 0 Å². The number of aromatic nitrogens is 2. The van der Waals surface area contributed by atoms with E-state index in [0.717, 1.165) is 34.5 Å². The van der Waals surface area contributed by atoms with Crippen LogP contribution in [0.25, 0.3) is 0 Å². The number of aromatic amines is 1. The summed E-state index contributed by atoms with van der Waals surface area (Å²) >= 11 is 1.45. The second kappa shape index (κ2) is 5.20. The summed E-state index contributed by atoms with van der Waals surface area (Å²) in [6.45, 7) is 1.94. The fraction of sp³-hybridized carbons (Fsp3) is 0.357. The number of nitrogens with one attached hydrogen (secondary N) is 2. The van der Waals surface area contributed by atoms with Crippen LogP contribution in [0.4, 0.5) is 0 Å². The number of carbonyl (C=O) groups is 1. The molecule has 1 aliphatic rings. The van der Waals surface area contributed by atoms with E-state index in [0.29, 0.717) is 6.42 Å². The zero-order chi connectivity index (χ0) is 14.1. The average molecular weight is 289 g/mol. The van der Waals surface area contributed by atoms with Crippen LogP contribution in [0, 0.1) is 6.92 Å². The van der Waals surface area contributed by atoms with Crippen molar-refractivity contribution in [2.45, 2.75) is 32.2 Å². The summed E-state index contributed by atoms with van der Waals surface area (Å²) < 4.78 is 0. The summed E-state index contributed by atoms with van der Waals surface area (Å²) in [6.07, 6.45) is 2.30. The minimum absolute atomic E-state index is 0.0243. The first-order chi connectivity index (χ1) is 9.63. The van der Waals surface area contributed by atoms with Crippen molar-refractivity contribution < 1.29 is 4.79 Å². The van der Waals surface area contributed by atoms with Gasteiger partial charge in [-0.3, -0.25) is 9.59 Å². The van der Waals surface area contributed by atoms with Gasteiger partial charge in [-0.2, -0.15) is 5.10 Å². The smallest absolute Gasteiger partial charge is 0.264 e. The molecule has 0 fully saturated rings. The summed E-state index contributed by atoms with van der Waals surface area (Å²) in [7, 11) is 0. The Hall–Kier alpha value is -1.95. The third-order valence-electron chi connectivity index (χ3n) is 3.58. The van der Waals surface area contributed by atoms with Crippen molar-refractivity contribution in [3.8, 4) is 0 Å². The van der Waals surface area contributed by atoms with Crippen LogP contribution >= 0.6 is 11.3 Å². The first-order valence-electron chi connectivity index (χ1n) is 6.56. The number of H-pyrrole nitrogens is 1. The molecule has 2 aromatic rings. The Morgan fingerprint density at radius 1 is 1.55 bits per heavy atom. The van der Waals surface area contributed by atoms with E-state index in [1.165, 1.54) is 11.3 Å². The van der Waals surface area contributed by atoms with Crippen molar-refractivity contribution in [3.63, 3.8) is 0 Å². The third-order valence-corrected chi connectivity index (χ3v) is 4.59. The Bertz CT molecular complexity index is 704. The first-order valence-corrected chi connectivity index (χ1v) is 7.44. The van der Waals surface area contributed by atoms with Crippen molar-refractivity contribution >= 4 is 17.2 Å². The topological polar surface area (TPSA) is 74.8 Å². The molecule has 6 heteroatoms. The SMILES string of the molecule is Cc1ccsc1C(=O)NC1CCc2n[nH]c(=O)cc2C1. The molecule has 1 amide bonds. The lowest BCUT2D eigenvalue weighted by Gasteiger charge is -2.24. The summed E-state index contributed by atoms with van der Waals surface area (Å²) in [4.78, 5) is 24.3. The first kappa shape index (κ1) is 13.1. The van der Waals surface area contributed by atoms with Gasteiger partial charge < -0.3 is 5.32 Å². The lowest BCUT2D eigenvalue weighted by atomic mass is 9.92. The maximum atomic E-state index is 12.2. The van der Waals surface area contributed by atoms with E-state index in [9.17, 15) is 9.59 Å². The van der Waals surface area contributed by atoms with E-state index in [-0.39, 0.29) is 17.5 Å². The van der Waals surface area contributed by atoms with Gasteiger partial charge in [-0.25, -0.2) is 5.10 Å². The molecule has 20 heavy (non-hydrogen) atoms. The number of rotatable bonds is 2. The molecule has 0 aliphatic heterocycles. The number of hydrogen-bond acceptors (Lipinski definition) is 4. The van der Waals surface area contributed by atoms with E-state index >= 15 is 0 Å². The zero-order valence-corrected chi connectivity index (χ0v) is 11.9. The Balaban J connectivity index is 1.73. The van der Waals surface area contributed by atoms with E-state index in [1.54, 1.807) is 6.07 Å². The zero-order valence-electron chi connectivity index (χ0n) is 11.1. The number of aryl methyl sites for hydroxylation is 2. The molecule has 0 saturated carbocycles. The Morgan fingerprint density at radius 2 is 2.40 bits per heavy atom. The quantitative estimate of drug-likeness (QED) is 0.878. The molecule has 104 valence electrons. The molecule has 1 unspecified atom stereocenters. The van der Waals surface area contributed by atoms with Gasteiger partial charge in [-0.1, -0.05) is 0 Å². The van der Waals surface area contributed by atoms with E-state index in [4.69, 9.17) is 0 Å². The molecule has 0 aromatic carbocycles. The standard InChI is InChI=1S/C14H15N3O2S/c1-8-4-5-20-13(8)14(19)15-10-2-3-11-9(6-10)7-12(18)17-16-11/h4-5,7,10H,2-3,6H2,1H3,(H,15,19)(H,17,18). The van der Waals surface area contributed by atoms with Crippen molar-refractivity contribution in [2.75, 3.05) is 0 Å². The lowest BCUT2D eigenvalue weighted by molar-refractivity contribution is 0.0937. The number of fused-ring (bicyclic) bond motifs is 1. The summed E-state index contributed by atoms with van der Waals surface area (Å²) in [6, 6.07) is 3.59. The molecule has 0 bridgehead atoms. The second-order valence-corrected chi connectivity index (χ2v) is 5.97. The summed E-state index contributed by atoms with van der Waals surface area (Å²) in [5.74, 6) is -0.0243. The van der Waals surface area contributed by atoms with Gasteiger partial charge in [0.25, 0.3) is 11.5 Å². The number of amides is 1.